The smallest absolute Gasteiger partial charge is 0.124 e. The fraction of sp³-hybridized carbons (Fsp3) is 0.143. The Labute approximate surface area is 137 Å². The first-order chi connectivity index (χ1) is 8.99. The number of anilines is 1. The van der Waals surface area contributed by atoms with Gasteiger partial charge in [-0.3, -0.25) is 0 Å². The van der Waals surface area contributed by atoms with Crippen molar-refractivity contribution in [2.45, 2.75) is 13.0 Å². The van der Waals surface area contributed by atoms with Crippen molar-refractivity contribution < 1.29 is 4.39 Å². The van der Waals surface area contributed by atoms with Crippen LogP contribution in [0.2, 0.25) is 0 Å². The lowest BCUT2D eigenvalue weighted by Crippen LogP contribution is -2.08. The van der Waals surface area contributed by atoms with E-state index in [1.165, 1.54) is 12.1 Å². The van der Waals surface area contributed by atoms with Gasteiger partial charge in [0.05, 0.1) is 5.69 Å². The molecule has 0 aliphatic heterocycles. The maximum absolute atomic E-state index is 13.1. The van der Waals surface area contributed by atoms with Crippen molar-refractivity contribution in [1.29, 1.82) is 0 Å². The van der Waals surface area contributed by atoms with Gasteiger partial charge in [0, 0.05) is 19.5 Å². The molecule has 19 heavy (non-hydrogen) atoms. The highest BCUT2D eigenvalue weighted by atomic mass is 79.9. The Morgan fingerprint density at radius 3 is 2.21 bits per heavy atom. The molecule has 0 amide bonds. The second kappa shape index (κ2) is 6.37. The van der Waals surface area contributed by atoms with Crippen molar-refractivity contribution in [2.24, 2.45) is 0 Å². The molecule has 0 spiro atoms. The molecule has 0 aromatic heterocycles. The topological polar surface area (TPSA) is 12.0 Å². The summed E-state index contributed by atoms with van der Waals surface area (Å²) in [5, 5.41) is 3.41. The molecule has 0 heterocycles. The van der Waals surface area contributed by atoms with E-state index in [9.17, 15) is 4.39 Å². The number of halogens is 4. The molecule has 1 N–H and O–H groups in total. The van der Waals surface area contributed by atoms with Crippen molar-refractivity contribution in [3.05, 3.63) is 61.2 Å². The molecular formula is C14H11Br3FN. The van der Waals surface area contributed by atoms with Crippen molar-refractivity contribution in [3.8, 4) is 0 Å². The van der Waals surface area contributed by atoms with Gasteiger partial charge >= 0.3 is 0 Å². The Balaban J connectivity index is 2.28. The van der Waals surface area contributed by atoms with Crippen molar-refractivity contribution in [3.63, 3.8) is 0 Å². The minimum Gasteiger partial charge on any atom is -0.377 e. The molecule has 0 saturated carbocycles. The first kappa shape index (κ1) is 15.0. The van der Waals surface area contributed by atoms with Gasteiger partial charge in [0.1, 0.15) is 5.82 Å². The van der Waals surface area contributed by atoms with Crippen LogP contribution in [0.1, 0.15) is 18.5 Å². The Hall–Kier alpha value is -0.390. The molecule has 0 bridgehead atoms. The third-order valence-corrected chi connectivity index (χ3v) is 4.76. The molecule has 100 valence electrons. The zero-order valence-corrected chi connectivity index (χ0v) is 14.8. The molecule has 2 aromatic carbocycles. The van der Waals surface area contributed by atoms with Crippen LogP contribution in [0, 0.1) is 5.82 Å². The molecule has 0 saturated heterocycles. The normalized spacial score (nSPS) is 12.3. The molecule has 0 radical (unpaired) electrons. The van der Waals surface area contributed by atoms with Crippen LogP contribution < -0.4 is 5.32 Å². The second-order valence-electron chi connectivity index (χ2n) is 4.13. The summed E-state index contributed by atoms with van der Waals surface area (Å²) >= 11 is 10.4. The summed E-state index contributed by atoms with van der Waals surface area (Å²) in [5.74, 6) is -0.245. The summed E-state index contributed by atoms with van der Waals surface area (Å²) in [5.41, 5.74) is 1.98. The van der Waals surface area contributed by atoms with Crippen LogP contribution in [0.5, 0.6) is 0 Å². The quantitative estimate of drug-likeness (QED) is 0.578. The van der Waals surface area contributed by atoms with E-state index in [0.29, 0.717) is 0 Å². The summed E-state index contributed by atoms with van der Waals surface area (Å²) in [6, 6.07) is 10.7. The lowest BCUT2D eigenvalue weighted by Gasteiger charge is -2.19. The van der Waals surface area contributed by atoms with Crippen molar-refractivity contribution >= 4 is 53.5 Å². The summed E-state index contributed by atoms with van der Waals surface area (Å²) in [4.78, 5) is 0. The number of hydrogen-bond donors (Lipinski definition) is 1. The van der Waals surface area contributed by atoms with Crippen LogP contribution in [-0.4, -0.2) is 0 Å². The SMILES string of the molecule is CC(Nc1c(Br)cccc1Br)c1ccc(F)cc1Br. The molecule has 2 rings (SSSR count). The van der Waals surface area contributed by atoms with Gasteiger partial charge in [-0.2, -0.15) is 0 Å². The monoisotopic (exact) mass is 449 g/mol. The molecular weight excluding hydrogens is 441 g/mol. The van der Waals surface area contributed by atoms with Crippen LogP contribution in [0.25, 0.3) is 0 Å². The van der Waals surface area contributed by atoms with Gasteiger partial charge in [-0.05, 0) is 68.6 Å². The molecule has 0 fully saturated rings. The zero-order valence-electron chi connectivity index (χ0n) is 10.1. The molecule has 1 unspecified atom stereocenters. The van der Waals surface area contributed by atoms with E-state index in [1.54, 1.807) is 6.07 Å². The average Bonchev–Trinajstić information content (AvgIpc) is 2.33. The van der Waals surface area contributed by atoms with Crippen LogP contribution in [0.3, 0.4) is 0 Å². The van der Waals surface area contributed by atoms with Gasteiger partial charge in [0.2, 0.25) is 0 Å². The van der Waals surface area contributed by atoms with Gasteiger partial charge in [-0.15, -0.1) is 0 Å². The fourth-order valence-electron chi connectivity index (χ4n) is 1.78. The first-order valence-corrected chi connectivity index (χ1v) is 8.02. The van der Waals surface area contributed by atoms with Gasteiger partial charge in [0.15, 0.2) is 0 Å². The van der Waals surface area contributed by atoms with E-state index in [-0.39, 0.29) is 11.9 Å². The highest BCUT2D eigenvalue weighted by molar-refractivity contribution is 9.11. The molecule has 0 aliphatic rings. The van der Waals surface area contributed by atoms with Crippen molar-refractivity contribution in [1.82, 2.24) is 0 Å². The van der Waals surface area contributed by atoms with Crippen LogP contribution in [0.15, 0.2) is 49.8 Å². The van der Waals surface area contributed by atoms with Crippen LogP contribution >= 0.6 is 47.8 Å². The molecule has 1 atom stereocenters. The Morgan fingerprint density at radius 2 is 1.63 bits per heavy atom. The number of para-hydroxylation sites is 1. The standard InChI is InChI=1S/C14H11Br3FN/c1-8(10-6-5-9(18)7-13(10)17)19-14-11(15)3-2-4-12(14)16/h2-8,19H,1H3. The van der Waals surface area contributed by atoms with E-state index in [0.717, 1.165) is 24.7 Å². The highest BCUT2D eigenvalue weighted by Crippen LogP contribution is 2.34. The van der Waals surface area contributed by atoms with Crippen LogP contribution in [0.4, 0.5) is 10.1 Å². The lowest BCUT2D eigenvalue weighted by atomic mass is 10.1. The largest absolute Gasteiger partial charge is 0.377 e. The summed E-state index contributed by atoms with van der Waals surface area (Å²) in [6.07, 6.45) is 0. The second-order valence-corrected chi connectivity index (χ2v) is 6.69. The molecule has 0 aliphatic carbocycles. The van der Waals surface area contributed by atoms with E-state index in [2.05, 4.69) is 53.1 Å². The lowest BCUT2D eigenvalue weighted by molar-refractivity contribution is 0.625. The molecule has 2 aromatic rings. The van der Waals surface area contributed by atoms with E-state index >= 15 is 0 Å². The Kier molecular flexibility index (Phi) is 5.03. The molecule has 5 heteroatoms. The molecule has 1 nitrogen and oxygen atoms in total. The predicted octanol–water partition coefficient (Wildman–Crippen LogP) is 6.29. The van der Waals surface area contributed by atoms with Crippen LogP contribution in [-0.2, 0) is 0 Å². The van der Waals surface area contributed by atoms with Crippen molar-refractivity contribution in [2.75, 3.05) is 5.32 Å². The average molecular weight is 452 g/mol. The van der Waals surface area contributed by atoms with Gasteiger partial charge < -0.3 is 5.32 Å². The van der Waals surface area contributed by atoms with E-state index < -0.39 is 0 Å². The number of hydrogen-bond acceptors (Lipinski definition) is 1. The maximum Gasteiger partial charge on any atom is 0.124 e. The Morgan fingerprint density at radius 1 is 1.00 bits per heavy atom. The number of rotatable bonds is 3. The van der Waals surface area contributed by atoms with Gasteiger partial charge in [-0.1, -0.05) is 28.1 Å². The predicted molar refractivity (Wildman–Crippen MR) is 88.0 cm³/mol. The van der Waals surface area contributed by atoms with Gasteiger partial charge in [0.25, 0.3) is 0 Å². The third-order valence-electron chi connectivity index (χ3n) is 2.75. The summed E-state index contributed by atoms with van der Waals surface area (Å²) in [7, 11) is 0. The summed E-state index contributed by atoms with van der Waals surface area (Å²) in [6.45, 7) is 2.03. The maximum atomic E-state index is 13.1. The van der Waals surface area contributed by atoms with E-state index in [1.807, 2.05) is 25.1 Å². The van der Waals surface area contributed by atoms with E-state index in [4.69, 9.17) is 0 Å². The minimum atomic E-state index is -0.245. The zero-order chi connectivity index (χ0) is 14.0. The number of benzene rings is 2. The Bertz CT molecular complexity index is 581. The van der Waals surface area contributed by atoms with Gasteiger partial charge in [-0.25, -0.2) is 4.39 Å². The fourth-order valence-corrected chi connectivity index (χ4v) is 3.70. The highest BCUT2D eigenvalue weighted by Gasteiger charge is 2.13. The number of nitrogens with one attached hydrogen (secondary N) is 1. The third kappa shape index (κ3) is 3.58. The minimum absolute atomic E-state index is 0.0463. The first-order valence-electron chi connectivity index (χ1n) is 5.64. The summed E-state index contributed by atoms with van der Waals surface area (Å²) < 4.78 is 15.8.